The van der Waals surface area contributed by atoms with Crippen molar-refractivity contribution in [3.05, 3.63) is 236 Å². The topological polar surface area (TPSA) is 3.24 Å². The number of hydrogen-bond donors (Lipinski definition) is 0. The number of thiophene rings is 1. The van der Waals surface area contributed by atoms with Gasteiger partial charge in [-0.2, -0.15) is 0 Å². The molecule has 12 rings (SSSR count). The lowest BCUT2D eigenvalue weighted by molar-refractivity contribution is 0.662. The predicted molar refractivity (Wildman–Crippen MR) is 271 cm³/mol. The number of rotatable bonds is 7. The standard InChI is InChI=1S/C61H43NS/c1-61(2)56-19-8-5-15-52(56)55-18-11-17-51(60(55)61)44-30-35-49(36-31-44)62(57-20-9-6-14-50(57)47-32-37-54-53-16-7-10-21-58(53)63-59(54)39-47)48-33-28-42(29-34-48)41-22-24-43(25-23-41)46-27-26-40-12-3-4-13-45(40)38-46/h3-39H,1-2H3. The Hall–Kier alpha value is -7.52. The van der Waals surface area contributed by atoms with Gasteiger partial charge in [-0.05, 0) is 121 Å². The monoisotopic (exact) mass is 821 g/mol. The van der Waals surface area contributed by atoms with Crippen LogP contribution in [-0.2, 0) is 5.41 Å². The Morgan fingerprint density at radius 1 is 0.349 bits per heavy atom. The van der Waals surface area contributed by atoms with Crippen molar-refractivity contribution in [2.75, 3.05) is 4.90 Å². The van der Waals surface area contributed by atoms with E-state index in [0.29, 0.717) is 0 Å². The number of anilines is 3. The summed E-state index contributed by atoms with van der Waals surface area (Å²) in [7, 11) is 0. The lowest BCUT2D eigenvalue weighted by atomic mass is 9.79. The van der Waals surface area contributed by atoms with Crippen LogP contribution in [0, 0.1) is 0 Å². The third kappa shape index (κ3) is 6.29. The fourth-order valence-corrected chi connectivity index (χ4v) is 11.3. The molecule has 0 bridgehead atoms. The fraction of sp³-hybridized carbons (Fsp3) is 0.0492. The summed E-state index contributed by atoms with van der Waals surface area (Å²) in [6.45, 7) is 4.74. The van der Waals surface area contributed by atoms with Crippen LogP contribution in [0.25, 0.3) is 86.6 Å². The number of para-hydroxylation sites is 1. The van der Waals surface area contributed by atoms with Gasteiger partial charge in [-0.1, -0.05) is 190 Å². The quantitative estimate of drug-likeness (QED) is 0.155. The summed E-state index contributed by atoms with van der Waals surface area (Å²) < 4.78 is 2.62. The van der Waals surface area contributed by atoms with Gasteiger partial charge in [0.2, 0.25) is 0 Å². The highest BCUT2D eigenvalue weighted by Crippen LogP contribution is 2.52. The van der Waals surface area contributed by atoms with Gasteiger partial charge >= 0.3 is 0 Å². The molecule has 0 saturated carbocycles. The van der Waals surface area contributed by atoms with E-state index >= 15 is 0 Å². The minimum Gasteiger partial charge on any atom is -0.310 e. The van der Waals surface area contributed by atoms with Crippen LogP contribution in [0.2, 0.25) is 0 Å². The molecule has 0 aliphatic heterocycles. The zero-order valence-corrected chi connectivity index (χ0v) is 36.0. The molecule has 298 valence electrons. The molecule has 1 aliphatic rings. The van der Waals surface area contributed by atoms with Crippen molar-refractivity contribution in [3.8, 4) is 55.6 Å². The van der Waals surface area contributed by atoms with Crippen molar-refractivity contribution < 1.29 is 0 Å². The van der Waals surface area contributed by atoms with E-state index in [1.165, 1.54) is 97.7 Å². The Morgan fingerprint density at radius 2 is 0.889 bits per heavy atom. The molecule has 0 fully saturated rings. The first-order chi connectivity index (χ1) is 31.0. The molecule has 0 saturated heterocycles. The molecule has 0 atom stereocenters. The van der Waals surface area contributed by atoms with Gasteiger partial charge in [0.05, 0.1) is 5.69 Å². The van der Waals surface area contributed by atoms with Gasteiger partial charge in [-0.3, -0.25) is 0 Å². The Morgan fingerprint density at radius 3 is 1.67 bits per heavy atom. The zero-order chi connectivity index (χ0) is 42.1. The molecular formula is C61H43NS. The van der Waals surface area contributed by atoms with E-state index in [0.717, 1.165) is 17.1 Å². The summed E-state index contributed by atoms with van der Waals surface area (Å²) >= 11 is 1.87. The van der Waals surface area contributed by atoms with Gasteiger partial charge in [0, 0.05) is 42.5 Å². The minimum absolute atomic E-state index is 0.0970. The second kappa shape index (κ2) is 14.8. The molecule has 0 radical (unpaired) electrons. The molecule has 1 heterocycles. The van der Waals surface area contributed by atoms with Gasteiger partial charge in [0.1, 0.15) is 0 Å². The normalized spacial score (nSPS) is 12.7. The highest BCUT2D eigenvalue weighted by atomic mass is 32.1. The van der Waals surface area contributed by atoms with E-state index in [9.17, 15) is 0 Å². The third-order valence-corrected chi connectivity index (χ3v) is 14.4. The molecule has 0 unspecified atom stereocenters. The van der Waals surface area contributed by atoms with E-state index in [1.54, 1.807) is 0 Å². The van der Waals surface area contributed by atoms with Crippen LogP contribution in [0.5, 0.6) is 0 Å². The Labute approximate surface area is 372 Å². The van der Waals surface area contributed by atoms with E-state index in [4.69, 9.17) is 0 Å². The molecule has 63 heavy (non-hydrogen) atoms. The lowest BCUT2D eigenvalue weighted by Gasteiger charge is -2.28. The highest BCUT2D eigenvalue weighted by Gasteiger charge is 2.37. The summed E-state index contributed by atoms with van der Waals surface area (Å²) in [6.07, 6.45) is 0. The first kappa shape index (κ1) is 37.3. The summed E-state index contributed by atoms with van der Waals surface area (Å²) in [5.41, 5.74) is 18.5. The lowest BCUT2D eigenvalue weighted by Crippen LogP contribution is -2.16. The molecule has 2 heteroatoms. The molecule has 0 N–H and O–H groups in total. The van der Waals surface area contributed by atoms with Crippen molar-refractivity contribution in [3.63, 3.8) is 0 Å². The Balaban J connectivity index is 0.941. The Bertz CT molecular complexity index is 3520. The highest BCUT2D eigenvalue weighted by molar-refractivity contribution is 7.25. The number of nitrogens with zero attached hydrogens (tertiary/aromatic N) is 1. The van der Waals surface area contributed by atoms with Crippen molar-refractivity contribution in [2.24, 2.45) is 0 Å². The summed E-state index contributed by atoms with van der Waals surface area (Å²) in [5, 5.41) is 5.15. The van der Waals surface area contributed by atoms with E-state index in [-0.39, 0.29) is 5.41 Å². The first-order valence-electron chi connectivity index (χ1n) is 21.8. The summed E-state index contributed by atoms with van der Waals surface area (Å²) in [5.74, 6) is 0. The largest absolute Gasteiger partial charge is 0.310 e. The van der Waals surface area contributed by atoms with Crippen LogP contribution >= 0.6 is 11.3 Å². The van der Waals surface area contributed by atoms with Gasteiger partial charge in [0.25, 0.3) is 0 Å². The fourth-order valence-electron chi connectivity index (χ4n) is 10.1. The smallest absolute Gasteiger partial charge is 0.0540 e. The first-order valence-corrected chi connectivity index (χ1v) is 22.6. The van der Waals surface area contributed by atoms with E-state index < -0.39 is 0 Å². The Kier molecular flexibility index (Phi) is 8.77. The molecule has 0 spiro atoms. The molecule has 11 aromatic rings. The van der Waals surface area contributed by atoms with Gasteiger partial charge in [0.15, 0.2) is 0 Å². The van der Waals surface area contributed by atoms with Crippen molar-refractivity contribution in [1.82, 2.24) is 0 Å². The maximum Gasteiger partial charge on any atom is 0.0540 e. The minimum atomic E-state index is -0.0970. The van der Waals surface area contributed by atoms with Crippen molar-refractivity contribution in [1.29, 1.82) is 0 Å². The number of fused-ring (bicyclic) bond motifs is 7. The van der Waals surface area contributed by atoms with Gasteiger partial charge < -0.3 is 4.90 Å². The SMILES string of the molecule is CC1(C)c2ccccc2-c2cccc(-c3ccc(N(c4ccc(-c5ccc(-c6ccc7ccccc7c6)cc5)cc4)c4ccccc4-c4ccc5c(c4)sc4ccccc45)cc3)c21. The van der Waals surface area contributed by atoms with Crippen LogP contribution in [0.3, 0.4) is 0 Å². The number of hydrogen-bond acceptors (Lipinski definition) is 2. The van der Waals surface area contributed by atoms with Gasteiger partial charge in [-0.25, -0.2) is 0 Å². The summed E-state index contributed by atoms with van der Waals surface area (Å²) in [4.78, 5) is 2.43. The molecule has 0 amide bonds. The average molecular weight is 822 g/mol. The summed E-state index contributed by atoms with van der Waals surface area (Å²) in [6, 6.07) is 82.8. The van der Waals surface area contributed by atoms with Gasteiger partial charge in [-0.15, -0.1) is 11.3 Å². The number of benzene rings is 10. The van der Waals surface area contributed by atoms with Crippen LogP contribution in [0.1, 0.15) is 25.0 Å². The van der Waals surface area contributed by atoms with Crippen molar-refractivity contribution in [2.45, 2.75) is 19.3 Å². The zero-order valence-electron chi connectivity index (χ0n) is 35.2. The molecule has 1 aromatic heterocycles. The van der Waals surface area contributed by atoms with Crippen LogP contribution < -0.4 is 4.90 Å². The molecule has 1 aliphatic carbocycles. The predicted octanol–water partition coefficient (Wildman–Crippen LogP) is 17.7. The second-order valence-electron chi connectivity index (χ2n) is 17.3. The van der Waals surface area contributed by atoms with Crippen LogP contribution in [0.15, 0.2) is 224 Å². The molecular weight excluding hydrogens is 779 g/mol. The van der Waals surface area contributed by atoms with Crippen LogP contribution in [-0.4, -0.2) is 0 Å². The maximum absolute atomic E-state index is 2.43. The van der Waals surface area contributed by atoms with Crippen LogP contribution in [0.4, 0.5) is 17.1 Å². The second-order valence-corrected chi connectivity index (χ2v) is 18.4. The average Bonchev–Trinajstić information content (AvgIpc) is 3.83. The third-order valence-electron chi connectivity index (χ3n) is 13.3. The van der Waals surface area contributed by atoms with Crippen molar-refractivity contribution >= 4 is 59.3 Å². The van der Waals surface area contributed by atoms with E-state index in [2.05, 4.69) is 243 Å². The van der Waals surface area contributed by atoms with E-state index in [1.807, 2.05) is 11.3 Å². The maximum atomic E-state index is 2.43. The molecule has 1 nitrogen and oxygen atoms in total. The molecule has 10 aromatic carbocycles.